The molecular formula is C15H15FN2O5S2. The first-order chi connectivity index (χ1) is 11.7. The summed E-state index contributed by atoms with van der Waals surface area (Å²) in [5.74, 6) is -0.356. The fourth-order valence-corrected chi connectivity index (χ4v) is 3.59. The number of rotatable bonds is 7. The van der Waals surface area contributed by atoms with Gasteiger partial charge in [0.1, 0.15) is 0 Å². The van der Waals surface area contributed by atoms with E-state index in [9.17, 15) is 25.5 Å². The number of carbonyl (C=O) groups excluding carboxylic acids is 1. The van der Waals surface area contributed by atoms with E-state index >= 15 is 0 Å². The Morgan fingerprint density at radius 2 is 1.52 bits per heavy atom. The van der Waals surface area contributed by atoms with E-state index in [1.807, 2.05) is 0 Å². The number of amides is 1. The molecule has 0 heterocycles. The van der Waals surface area contributed by atoms with Gasteiger partial charge in [0.25, 0.3) is 5.91 Å². The number of hydrogen-bond acceptors (Lipinski definition) is 5. The van der Waals surface area contributed by atoms with Crippen molar-refractivity contribution in [1.29, 1.82) is 0 Å². The maximum absolute atomic E-state index is 13.0. The van der Waals surface area contributed by atoms with E-state index in [1.165, 1.54) is 0 Å². The first-order valence-corrected chi connectivity index (χ1v) is 9.94. The highest BCUT2D eigenvalue weighted by Crippen LogP contribution is 2.17. The van der Waals surface area contributed by atoms with Gasteiger partial charge in [0, 0.05) is 18.7 Å². The molecule has 2 N–H and O–H groups in total. The topological polar surface area (TPSA) is 109 Å². The van der Waals surface area contributed by atoms with Crippen molar-refractivity contribution in [1.82, 2.24) is 10.0 Å². The summed E-state index contributed by atoms with van der Waals surface area (Å²) < 4.78 is 61.0. The summed E-state index contributed by atoms with van der Waals surface area (Å²) in [6.45, 7) is -0.0957. The van der Waals surface area contributed by atoms with Gasteiger partial charge in [-0.15, -0.1) is 3.89 Å². The van der Waals surface area contributed by atoms with Crippen molar-refractivity contribution in [3.05, 3.63) is 60.2 Å². The lowest BCUT2D eigenvalue weighted by atomic mass is 10.2. The maximum Gasteiger partial charge on any atom is 0.332 e. The minimum Gasteiger partial charge on any atom is -0.351 e. The van der Waals surface area contributed by atoms with Crippen LogP contribution in [0.1, 0.15) is 10.4 Å². The fraction of sp³-hybridized carbons (Fsp3) is 0.133. The minimum absolute atomic E-state index is 0.0219. The van der Waals surface area contributed by atoms with Crippen LogP contribution in [0.5, 0.6) is 0 Å². The first-order valence-electron chi connectivity index (χ1n) is 7.08. The lowest BCUT2D eigenvalue weighted by molar-refractivity contribution is 0.0954. The van der Waals surface area contributed by atoms with Crippen molar-refractivity contribution in [3.63, 3.8) is 0 Å². The largest absolute Gasteiger partial charge is 0.351 e. The molecule has 25 heavy (non-hydrogen) atoms. The standard InChI is InChI=1S/C15H15FN2O5S2/c16-24(20,21)13-7-4-8-14(11-13)25(22,23)18-10-9-17-15(19)12-5-2-1-3-6-12/h1-8,11,18H,9-10H2,(H,17,19). The molecule has 1 amide bonds. The van der Waals surface area contributed by atoms with E-state index in [0.29, 0.717) is 5.56 Å². The molecule has 2 aromatic rings. The number of sulfonamides is 1. The Morgan fingerprint density at radius 3 is 2.16 bits per heavy atom. The average molecular weight is 386 g/mol. The van der Waals surface area contributed by atoms with Gasteiger partial charge < -0.3 is 5.32 Å². The summed E-state index contributed by atoms with van der Waals surface area (Å²) in [6.07, 6.45) is 0. The van der Waals surface area contributed by atoms with Crippen LogP contribution in [0.2, 0.25) is 0 Å². The van der Waals surface area contributed by atoms with Crippen LogP contribution in [0.3, 0.4) is 0 Å². The summed E-state index contributed by atoms with van der Waals surface area (Å²) in [6, 6.07) is 12.3. The molecule has 0 radical (unpaired) electrons. The van der Waals surface area contributed by atoms with Crippen molar-refractivity contribution in [2.75, 3.05) is 13.1 Å². The zero-order valence-electron chi connectivity index (χ0n) is 12.8. The van der Waals surface area contributed by atoms with Crippen molar-refractivity contribution >= 4 is 26.2 Å². The average Bonchev–Trinajstić information content (AvgIpc) is 2.59. The second-order valence-electron chi connectivity index (χ2n) is 4.93. The van der Waals surface area contributed by atoms with E-state index in [1.54, 1.807) is 30.3 Å². The minimum atomic E-state index is -5.00. The monoisotopic (exact) mass is 386 g/mol. The summed E-state index contributed by atoms with van der Waals surface area (Å²) in [5.41, 5.74) is 0.436. The van der Waals surface area contributed by atoms with E-state index in [2.05, 4.69) is 10.0 Å². The molecule has 7 nitrogen and oxygen atoms in total. The lowest BCUT2D eigenvalue weighted by Crippen LogP contribution is -2.34. The van der Waals surface area contributed by atoms with Gasteiger partial charge in [-0.25, -0.2) is 13.1 Å². The number of halogens is 1. The van der Waals surface area contributed by atoms with Crippen LogP contribution in [0.15, 0.2) is 64.4 Å². The molecule has 0 unspecified atom stereocenters. The van der Waals surface area contributed by atoms with Gasteiger partial charge >= 0.3 is 10.2 Å². The molecule has 0 bridgehead atoms. The molecule has 0 aliphatic carbocycles. The number of benzene rings is 2. The highest BCUT2D eigenvalue weighted by molar-refractivity contribution is 7.89. The van der Waals surface area contributed by atoms with Crippen molar-refractivity contribution in [2.24, 2.45) is 0 Å². The summed E-state index contributed by atoms with van der Waals surface area (Å²) >= 11 is 0. The molecule has 0 spiro atoms. The van der Waals surface area contributed by atoms with Crippen LogP contribution in [-0.4, -0.2) is 35.8 Å². The highest BCUT2D eigenvalue weighted by atomic mass is 32.3. The second kappa shape index (κ2) is 7.72. The Balaban J connectivity index is 1.95. The van der Waals surface area contributed by atoms with Crippen LogP contribution in [-0.2, 0) is 20.2 Å². The molecule has 0 saturated heterocycles. The van der Waals surface area contributed by atoms with E-state index < -0.39 is 25.1 Å². The van der Waals surface area contributed by atoms with Gasteiger partial charge in [-0.05, 0) is 30.3 Å². The molecule has 0 fully saturated rings. The SMILES string of the molecule is O=C(NCCNS(=O)(=O)c1cccc(S(=O)(=O)F)c1)c1ccccc1. The zero-order valence-corrected chi connectivity index (χ0v) is 14.5. The predicted molar refractivity (Wildman–Crippen MR) is 88.7 cm³/mol. The third-order valence-corrected chi connectivity index (χ3v) is 5.41. The van der Waals surface area contributed by atoms with Gasteiger partial charge in [-0.2, -0.15) is 8.42 Å². The summed E-state index contributed by atoms with van der Waals surface area (Å²) in [5, 5.41) is 2.54. The molecule has 2 aromatic carbocycles. The molecule has 2 rings (SSSR count). The van der Waals surface area contributed by atoms with Crippen LogP contribution in [0.25, 0.3) is 0 Å². The first kappa shape index (κ1) is 19.0. The molecule has 0 aliphatic heterocycles. The molecule has 10 heteroatoms. The third-order valence-electron chi connectivity index (χ3n) is 3.14. The van der Waals surface area contributed by atoms with E-state index in [0.717, 1.165) is 24.3 Å². The van der Waals surface area contributed by atoms with Gasteiger partial charge in [0.05, 0.1) is 9.79 Å². The Bertz CT molecular complexity index is 960. The van der Waals surface area contributed by atoms with E-state index in [-0.39, 0.29) is 23.9 Å². The molecule has 0 aliphatic rings. The predicted octanol–water partition coefficient (Wildman–Crippen LogP) is 1.05. The second-order valence-corrected chi connectivity index (χ2v) is 8.05. The van der Waals surface area contributed by atoms with Gasteiger partial charge in [-0.3, -0.25) is 4.79 Å². The van der Waals surface area contributed by atoms with Gasteiger partial charge in [-0.1, -0.05) is 24.3 Å². The normalized spacial score (nSPS) is 11.9. The van der Waals surface area contributed by atoms with Crippen molar-refractivity contribution in [3.8, 4) is 0 Å². The smallest absolute Gasteiger partial charge is 0.332 e. The zero-order chi connectivity index (χ0) is 18.5. The molecule has 0 saturated carbocycles. The van der Waals surface area contributed by atoms with Gasteiger partial charge in [0.15, 0.2) is 0 Å². The number of hydrogen-bond donors (Lipinski definition) is 2. The third kappa shape index (κ3) is 5.34. The Hall–Kier alpha value is -2.30. The van der Waals surface area contributed by atoms with Crippen molar-refractivity contribution < 1.29 is 25.5 Å². The molecule has 0 atom stereocenters. The van der Waals surface area contributed by atoms with Crippen molar-refractivity contribution in [2.45, 2.75) is 9.79 Å². The van der Waals surface area contributed by atoms with Crippen LogP contribution < -0.4 is 10.0 Å². The Labute approximate surface area is 145 Å². The summed E-state index contributed by atoms with van der Waals surface area (Å²) in [7, 11) is -9.04. The Kier molecular flexibility index (Phi) is 5.88. The summed E-state index contributed by atoms with van der Waals surface area (Å²) in [4.78, 5) is 10.7. The van der Waals surface area contributed by atoms with E-state index in [4.69, 9.17) is 0 Å². The quantitative estimate of drug-likeness (QED) is 0.546. The van der Waals surface area contributed by atoms with Crippen LogP contribution >= 0.6 is 0 Å². The molecule has 134 valence electrons. The molecular weight excluding hydrogens is 371 g/mol. The number of nitrogens with one attached hydrogen (secondary N) is 2. The number of carbonyl (C=O) groups is 1. The van der Waals surface area contributed by atoms with Gasteiger partial charge in [0.2, 0.25) is 10.0 Å². The molecule has 0 aromatic heterocycles. The van der Waals surface area contributed by atoms with Crippen LogP contribution in [0.4, 0.5) is 3.89 Å². The van der Waals surface area contributed by atoms with Crippen LogP contribution in [0, 0.1) is 0 Å². The maximum atomic E-state index is 13.0. The fourth-order valence-electron chi connectivity index (χ4n) is 1.93. The lowest BCUT2D eigenvalue weighted by Gasteiger charge is -2.08. The highest BCUT2D eigenvalue weighted by Gasteiger charge is 2.18. The Morgan fingerprint density at radius 1 is 0.880 bits per heavy atom.